The summed E-state index contributed by atoms with van der Waals surface area (Å²) in [6.07, 6.45) is 1.01. The summed E-state index contributed by atoms with van der Waals surface area (Å²) in [5.41, 5.74) is 2.58. The Balaban J connectivity index is 2.56. The largest absolute Gasteiger partial charge is 0.357 e. The number of benzene rings is 1. The Morgan fingerprint density at radius 2 is 1.71 bits per heavy atom. The first-order valence-corrected chi connectivity index (χ1v) is 7.50. The van der Waals surface area contributed by atoms with Gasteiger partial charge in [0.2, 0.25) is 5.91 Å². The fourth-order valence-electron chi connectivity index (χ4n) is 1.98. The third-order valence-electron chi connectivity index (χ3n) is 3.04. The fourth-order valence-corrected chi connectivity index (χ4v) is 1.98. The Labute approximate surface area is 127 Å². The van der Waals surface area contributed by atoms with Crippen LogP contribution in [0.3, 0.4) is 0 Å². The maximum Gasteiger partial charge on any atom is 0.216 e. The molecule has 0 aliphatic heterocycles. The van der Waals surface area contributed by atoms with E-state index in [9.17, 15) is 4.79 Å². The summed E-state index contributed by atoms with van der Waals surface area (Å²) in [6.45, 7) is 8.40. The Bertz CT molecular complexity index is 471. The lowest BCUT2D eigenvalue weighted by Gasteiger charge is -2.12. The van der Waals surface area contributed by atoms with Gasteiger partial charge in [-0.1, -0.05) is 31.2 Å². The van der Waals surface area contributed by atoms with E-state index in [4.69, 9.17) is 0 Å². The Morgan fingerprint density at radius 3 is 2.33 bits per heavy atom. The van der Waals surface area contributed by atoms with Gasteiger partial charge >= 0.3 is 0 Å². The minimum atomic E-state index is -0.0180. The Hall–Kier alpha value is -2.04. The van der Waals surface area contributed by atoms with E-state index >= 15 is 0 Å². The van der Waals surface area contributed by atoms with Crippen LogP contribution >= 0.6 is 0 Å². The Morgan fingerprint density at radius 1 is 1.05 bits per heavy atom. The number of nitrogens with zero attached hydrogens (tertiary/aromatic N) is 1. The number of aryl methyl sites for hydroxylation is 1. The average molecular weight is 290 g/mol. The molecule has 1 aromatic rings. The van der Waals surface area contributed by atoms with Crippen molar-refractivity contribution in [3.8, 4) is 0 Å². The van der Waals surface area contributed by atoms with Crippen LogP contribution in [0.4, 0.5) is 0 Å². The lowest BCUT2D eigenvalue weighted by atomic mass is 10.1. The highest BCUT2D eigenvalue weighted by Crippen LogP contribution is 2.10. The van der Waals surface area contributed by atoms with Crippen LogP contribution in [0, 0.1) is 0 Å². The van der Waals surface area contributed by atoms with Crippen molar-refractivity contribution in [1.82, 2.24) is 16.0 Å². The highest BCUT2D eigenvalue weighted by Gasteiger charge is 2.01. The lowest BCUT2D eigenvalue weighted by Crippen LogP contribution is -2.41. The SMILES string of the molecule is CCNC(=NCc1ccccc1CC)NCCNC(C)=O. The normalized spacial score (nSPS) is 11.1. The van der Waals surface area contributed by atoms with Gasteiger partial charge in [-0.3, -0.25) is 4.79 Å². The van der Waals surface area contributed by atoms with Crippen molar-refractivity contribution in [3.05, 3.63) is 35.4 Å². The van der Waals surface area contributed by atoms with Gasteiger partial charge in [-0.05, 0) is 24.5 Å². The molecule has 116 valence electrons. The van der Waals surface area contributed by atoms with E-state index in [1.165, 1.54) is 18.1 Å². The van der Waals surface area contributed by atoms with E-state index in [0.29, 0.717) is 19.6 Å². The predicted octanol–water partition coefficient (Wildman–Crippen LogP) is 1.44. The first kappa shape index (κ1) is 17.0. The van der Waals surface area contributed by atoms with Crippen LogP contribution in [0.5, 0.6) is 0 Å². The van der Waals surface area contributed by atoms with Crippen LogP contribution in [0.25, 0.3) is 0 Å². The van der Waals surface area contributed by atoms with Gasteiger partial charge < -0.3 is 16.0 Å². The average Bonchev–Trinajstić information content (AvgIpc) is 2.49. The van der Waals surface area contributed by atoms with E-state index in [1.54, 1.807) is 0 Å². The molecule has 1 aromatic carbocycles. The van der Waals surface area contributed by atoms with Gasteiger partial charge in [0.05, 0.1) is 6.54 Å². The number of carbonyl (C=O) groups excluding carboxylic acids is 1. The van der Waals surface area contributed by atoms with Gasteiger partial charge in [0.1, 0.15) is 0 Å². The summed E-state index contributed by atoms with van der Waals surface area (Å²) in [7, 11) is 0. The fraction of sp³-hybridized carbons (Fsp3) is 0.500. The number of amides is 1. The molecule has 0 saturated heterocycles. The van der Waals surface area contributed by atoms with Crippen LogP contribution in [-0.2, 0) is 17.8 Å². The van der Waals surface area contributed by atoms with Crippen LogP contribution in [-0.4, -0.2) is 31.5 Å². The summed E-state index contributed by atoms with van der Waals surface area (Å²) in [4.78, 5) is 15.4. The summed E-state index contributed by atoms with van der Waals surface area (Å²) in [6, 6.07) is 8.36. The molecule has 0 heterocycles. The van der Waals surface area contributed by atoms with Crippen LogP contribution < -0.4 is 16.0 Å². The second-order valence-electron chi connectivity index (χ2n) is 4.73. The van der Waals surface area contributed by atoms with E-state index < -0.39 is 0 Å². The van der Waals surface area contributed by atoms with Crippen LogP contribution in [0.2, 0.25) is 0 Å². The summed E-state index contributed by atoms with van der Waals surface area (Å²) in [5.74, 6) is 0.754. The Kier molecular flexibility index (Phi) is 7.94. The molecular weight excluding hydrogens is 264 g/mol. The highest BCUT2D eigenvalue weighted by atomic mass is 16.1. The molecule has 3 N–H and O–H groups in total. The monoisotopic (exact) mass is 290 g/mol. The first-order chi connectivity index (χ1) is 10.2. The minimum absolute atomic E-state index is 0.0180. The van der Waals surface area contributed by atoms with Crippen molar-refractivity contribution in [2.24, 2.45) is 4.99 Å². The molecule has 21 heavy (non-hydrogen) atoms. The van der Waals surface area contributed by atoms with Crippen molar-refractivity contribution in [2.45, 2.75) is 33.7 Å². The zero-order valence-corrected chi connectivity index (χ0v) is 13.2. The van der Waals surface area contributed by atoms with Gasteiger partial charge in [0.25, 0.3) is 0 Å². The lowest BCUT2D eigenvalue weighted by molar-refractivity contribution is -0.118. The summed E-state index contributed by atoms with van der Waals surface area (Å²) < 4.78 is 0. The quantitative estimate of drug-likeness (QED) is 0.404. The van der Waals surface area contributed by atoms with Crippen molar-refractivity contribution in [2.75, 3.05) is 19.6 Å². The number of rotatable bonds is 7. The molecule has 0 saturated carbocycles. The molecule has 0 radical (unpaired) electrons. The second-order valence-corrected chi connectivity index (χ2v) is 4.73. The smallest absolute Gasteiger partial charge is 0.216 e. The molecule has 0 fully saturated rings. The predicted molar refractivity (Wildman–Crippen MR) is 87.3 cm³/mol. The number of hydrogen-bond acceptors (Lipinski definition) is 2. The van der Waals surface area contributed by atoms with Crippen molar-refractivity contribution >= 4 is 11.9 Å². The van der Waals surface area contributed by atoms with Gasteiger partial charge in [-0.25, -0.2) is 4.99 Å². The van der Waals surface area contributed by atoms with E-state index in [-0.39, 0.29) is 5.91 Å². The van der Waals surface area contributed by atoms with Crippen molar-refractivity contribution in [3.63, 3.8) is 0 Å². The second kappa shape index (κ2) is 9.80. The van der Waals surface area contributed by atoms with E-state index in [0.717, 1.165) is 18.9 Å². The molecule has 5 heteroatoms. The standard InChI is InChI=1S/C16H26N4O/c1-4-14-8-6-7-9-15(14)12-20-16(17-5-2)19-11-10-18-13(3)21/h6-9H,4-5,10-12H2,1-3H3,(H,18,21)(H2,17,19,20). The zero-order chi connectivity index (χ0) is 15.5. The molecular formula is C16H26N4O. The highest BCUT2D eigenvalue weighted by molar-refractivity contribution is 5.79. The molecule has 0 unspecified atom stereocenters. The van der Waals surface area contributed by atoms with Crippen LogP contribution in [0.15, 0.2) is 29.3 Å². The topological polar surface area (TPSA) is 65.5 Å². The number of hydrogen-bond donors (Lipinski definition) is 3. The molecule has 0 aliphatic carbocycles. The number of guanidine groups is 1. The molecule has 0 bridgehead atoms. The van der Waals surface area contributed by atoms with Gasteiger partial charge in [0.15, 0.2) is 5.96 Å². The van der Waals surface area contributed by atoms with Crippen molar-refractivity contribution < 1.29 is 4.79 Å². The molecule has 5 nitrogen and oxygen atoms in total. The molecule has 1 rings (SSSR count). The molecule has 0 aromatic heterocycles. The third kappa shape index (κ3) is 6.79. The molecule has 0 spiro atoms. The van der Waals surface area contributed by atoms with Gasteiger partial charge in [-0.2, -0.15) is 0 Å². The maximum atomic E-state index is 10.8. The molecule has 0 atom stereocenters. The minimum Gasteiger partial charge on any atom is -0.357 e. The third-order valence-corrected chi connectivity index (χ3v) is 3.04. The van der Waals surface area contributed by atoms with Gasteiger partial charge in [-0.15, -0.1) is 0 Å². The summed E-state index contributed by atoms with van der Waals surface area (Å²) in [5, 5.41) is 9.16. The first-order valence-electron chi connectivity index (χ1n) is 7.50. The van der Waals surface area contributed by atoms with E-state index in [2.05, 4.69) is 46.1 Å². The van der Waals surface area contributed by atoms with Crippen LogP contribution in [0.1, 0.15) is 31.9 Å². The summed E-state index contributed by atoms with van der Waals surface area (Å²) >= 11 is 0. The number of carbonyl (C=O) groups is 1. The van der Waals surface area contributed by atoms with Crippen molar-refractivity contribution in [1.29, 1.82) is 0 Å². The molecule has 1 amide bonds. The zero-order valence-electron chi connectivity index (χ0n) is 13.2. The van der Waals surface area contributed by atoms with E-state index in [1.807, 2.05) is 13.0 Å². The maximum absolute atomic E-state index is 10.8. The number of nitrogens with one attached hydrogen (secondary N) is 3. The van der Waals surface area contributed by atoms with Gasteiger partial charge in [0, 0.05) is 26.6 Å². The molecule has 0 aliphatic rings. The number of aliphatic imine (C=N–C) groups is 1.